The first kappa shape index (κ1) is 12.7. The molecule has 1 aromatic rings. The number of ether oxygens (including phenoxy) is 2. The Morgan fingerprint density at radius 2 is 1.67 bits per heavy atom. The maximum atomic E-state index is 12.9. The van der Waals surface area contributed by atoms with E-state index in [-0.39, 0.29) is 10.8 Å². The fourth-order valence-electron chi connectivity index (χ4n) is 1.29. The summed E-state index contributed by atoms with van der Waals surface area (Å²) in [6.45, 7) is 0. The van der Waals surface area contributed by atoms with Crippen LogP contribution >= 0.6 is 12.2 Å². The van der Waals surface area contributed by atoms with Gasteiger partial charge >= 0.3 is 12.2 Å². The zero-order chi connectivity index (χ0) is 13.6. The Balaban J connectivity index is 2.36. The third-order valence-corrected chi connectivity index (χ3v) is 2.13. The second-order valence-electron chi connectivity index (χ2n) is 3.39. The van der Waals surface area contributed by atoms with Crippen LogP contribution in [0.5, 0.6) is 11.5 Å². The van der Waals surface area contributed by atoms with Gasteiger partial charge in [0.2, 0.25) is 0 Å². The van der Waals surface area contributed by atoms with Crippen molar-refractivity contribution in [3.05, 3.63) is 18.2 Å². The average molecular weight is 282 g/mol. The Morgan fingerprint density at radius 3 is 2.22 bits per heavy atom. The molecule has 98 valence electrons. The molecule has 9 heteroatoms. The molecule has 1 aliphatic heterocycles. The van der Waals surface area contributed by atoms with Gasteiger partial charge in [-0.25, -0.2) is 0 Å². The van der Waals surface area contributed by atoms with E-state index in [0.717, 1.165) is 12.1 Å². The third kappa shape index (κ3) is 2.13. The summed E-state index contributed by atoms with van der Waals surface area (Å²) in [5.41, 5.74) is 5.39. The van der Waals surface area contributed by atoms with Gasteiger partial charge in [0.25, 0.3) is 0 Å². The van der Waals surface area contributed by atoms with Gasteiger partial charge in [-0.3, -0.25) is 0 Å². The molecule has 0 bridgehead atoms. The lowest BCUT2D eigenvalue weighted by Crippen LogP contribution is -2.52. The van der Waals surface area contributed by atoms with E-state index in [2.05, 4.69) is 27.0 Å². The highest BCUT2D eigenvalue weighted by Gasteiger charge is 2.65. The summed E-state index contributed by atoms with van der Waals surface area (Å²) in [7, 11) is 0. The molecular formula is C9H6F4N2O2S. The highest BCUT2D eigenvalue weighted by Crippen LogP contribution is 2.47. The number of nitrogens with two attached hydrogens (primary N) is 1. The second-order valence-corrected chi connectivity index (χ2v) is 3.83. The van der Waals surface area contributed by atoms with Crippen LogP contribution in [0.3, 0.4) is 0 Å². The molecule has 3 N–H and O–H groups in total. The van der Waals surface area contributed by atoms with Gasteiger partial charge in [0, 0.05) is 11.8 Å². The molecule has 0 saturated heterocycles. The van der Waals surface area contributed by atoms with Crippen molar-refractivity contribution in [2.45, 2.75) is 12.2 Å². The number of fused-ring (bicyclic) bond motifs is 1. The molecule has 1 aliphatic rings. The topological polar surface area (TPSA) is 56.5 Å². The van der Waals surface area contributed by atoms with Gasteiger partial charge in [0.15, 0.2) is 16.6 Å². The number of thiocarbonyl (C=S) groups is 1. The highest BCUT2D eigenvalue weighted by atomic mass is 32.1. The van der Waals surface area contributed by atoms with Gasteiger partial charge in [-0.2, -0.15) is 17.6 Å². The van der Waals surface area contributed by atoms with E-state index in [1.54, 1.807) is 0 Å². The van der Waals surface area contributed by atoms with Gasteiger partial charge < -0.3 is 20.5 Å². The minimum atomic E-state index is -4.75. The fourth-order valence-corrected chi connectivity index (χ4v) is 1.41. The number of hydrogen-bond donors (Lipinski definition) is 2. The molecule has 0 saturated carbocycles. The lowest BCUT2D eigenvalue weighted by molar-refractivity contribution is -0.391. The summed E-state index contributed by atoms with van der Waals surface area (Å²) in [6.07, 6.45) is -9.47. The SMILES string of the molecule is NC(=S)Nc1ccc2c(c1)OC(F)(F)C(F)(F)O2. The lowest BCUT2D eigenvalue weighted by Gasteiger charge is -2.31. The Morgan fingerprint density at radius 1 is 1.11 bits per heavy atom. The Kier molecular flexibility index (Phi) is 2.73. The van der Waals surface area contributed by atoms with Gasteiger partial charge in [0.05, 0.1) is 0 Å². The first-order valence-corrected chi connectivity index (χ1v) is 4.96. The van der Waals surface area contributed by atoms with Crippen LogP contribution < -0.4 is 20.5 Å². The molecule has 18 heavy (non-hydrogen) atoms. The van der Waals surface area contributed by atoms with E-state index in [4.69, 9.17) is 5.73 Å². The largest absolute Gasteiger partial charge is 0.507 e. The van der Waals surface area contributed by atoms with E-state index >= 15 is 0 Å². The van der Waals surface area contributed by atoms with E-state index in [1.807, 2.05) is 0 Å². The summed E-state index contributed by atoms with van der Waals surface area (Å²) < 4.78 is 59.2. The first-order valence-electron chi connectivity index (χ1n) is 4.55. The molecule has 1 aromatic carbocycles. The molecule has 0 amide bonds. The van der Waals surface area contributed by atoms with Crippen LogP contribution in [0.2, 0.25) is 0 Å². The van der Waals surface area contributed by atoms with Crippen LogP contribution in [0.25, 0.3) is 0 Å². The van der Waals surface area contributed by atoms with Crippen molar-refractivity contribution in [2.75, 3.05) is 5.32 Å². The predicted octanol–water partition coefficient (Wildman–Crippen LogP) is 2.30. The number of alkyl halides is 4. The number of hydrogen-bond acceptors (Lipinski definition) is 3. The summed E-state index contributed by atoms with van der Waals surface area (Å²) >= 11 is 4.54. The van der Waals surface area contributed by atoms with E-state index in [1.165, 1.54) is 6.07 Å². The minimum Gasteiger partial charge on any atom is -0.421 e. The number of rotatable bonds is 1. The third-order valence-electron chi connectivity index (χ3n) is 2.03. The molecule has 0 unspecified atom stereocenters. The van der Waals surface area contributed by atoms with Crippen LogP contribution in [0.15, 0.2) is 18.2 Å². The zero-order valence-electron chi connectivity index (χ0n) is 8.55. The van der Waals surface area contributed by atoms with E-state index in [0.29, 0.717) is 0 Å². The summed E-state index contributed by atoms with van der Waals surface area (Å²) in [4.78, 5) is 0. The van der Waals surface area contributed by atoms with Gasteiger partial charge in [-0.1, -0.05) is 0 Å². The molecule has 0 atom stereocenters. The summed E-state index contributed by atoms with van der Waals surface area (Å²) in [6, 6.07) is 3.34. The maximum absolute atomic E-state index is 12.9. The number of nitrogens with one attached hydrogen (secondary N) is 1. The van der Waals surface area contributed by atoms with Crippen molar-refractivity contribution in [3.8, 4) is 11.5 Å². The normalized spacial score (nSPS) is 19.1. The number of halogens is 4. The van der Waals surface area contributed by atoms with Crippen LogP contribution in [0, 0.1) is 0 Å². The maximum Gasteiger partial charge on any atom is 0.507 e. The minimum absolute atomic E-state index is 0.108. The molecular weight excluding hydrogens is 276 g/mol. The Hall–Kier alpha value is -1.77. The smallest absolute Gasteiger partial charge is 0.421 e. The van der Waals surface area contributed by atoms with Gasteiger partial charge in [0.1, 0.15) is 0 Å². The van der Waals surface area contributed by atoms with Crippen molar-refractivity contribution in [1.29, 1.82) is 0 Å². The van der Waals surface area contributed by atoms with Crippen molar-refractivity contribution in [1.82, 2.24) is 0 Å². The summed E-state index contributed by atoms with van der Waals surface area (Å²) in [5.74, 6) is -1.04. The average Bonchev–Trinajstić information content (AvgIpc) is 2.18. The molecule has 1 heterocycles. The van der Waals surface area contributed by atoms with Crippen molar-refractivity contribution >= 4 is 23.0 Å². The van der Waals surface area contributed by atoms with Crippen LogP contribution in [-0.4, -0.2) is 17.3 Å². The summed E-state index contributed by atoms with van der Waals surface area (Å²) in [5, 5.41) is 2.34. The first-order chi connectivity index (χ1) is 8.21. The van der Waals surface area contributed by atoms with Crippen molar-refractivity contribution in [3.63, 3.8) is 0 Å². The van der Waals surface area contributed by atoms with Crippen LogP contribution in [0.4, 0.5) is 23.2 Å². The van der Waals surface area contributed by atoms with Gasteiger partial charge in [-0.15, -0.1) is 0 Å². The second kappa shape index (κ2) is 3.87. The van der Waals surface area contributed by atoms with Crippen LogP contribution in [0.1, 0.15) is 0 Å². The quantitative estimate of drug-likeness (QED) is 0.611. The zero-order valence-corrected chi connectivity index (χ0v) is 9.36. The molecule has 0 fully saturated rings. The molecule has 0 aromatic heterocycles. The van der Waals surface area contributed by atoms with Crippen molar-refractivity contribution < 1.29 is 27.0 Å². The number of anilines is 1. The highest BCUT2D eigenvalue weighted by molar-refractivity contribution is 7.80. The molecule has 0 spiro atoms. The molecule has 4 nitrogen and oxygen atoms in total. The molecule has 2 rings (SSSR count). The van der Waals surface area contributed by atoms with Gasteiger partial charge in [-0.05, 0) is 24.4 Å². The Bertz CT molecular complexity index is 509. The standard InChI is InChI=1S/C9H6F4N2O2S/c10-8(11)9(12,13)17-6-3-4(15-7(14)18)1-2-5(6)16-8/h1-3H,(H3,14,15,18). The Labute approximate surface area is 104 Å². The van der Waals surface area contributed by atoms with Crippen LogP contribution in [-0.2, 0) is 0 Å². The lowest BCUT2D eigenvalue weighted by atomic mass is 10.2. The monoisotopic (exact) mass is 282 g/mol. The van der Waals surface area contributed by atoms with Crippen molar-refractivity contribution in [2.24, 2.45) is 5.73 Å². The van der Waals surface area contributed by atoms with E-state index < -0.39 is 23.7 Å². The fraction of sp³-hybridized carbons (Fsp3) is 0.222. The molecule has 0 aliphatic carbocycles. The predicted molar refractivity (Wildman–Crippen MR) is 58.0 cm³/mol. The van der Waals surface area contributed by atoms with E-state index in [9.17, 15) is 17.6 Å². The molecule has 0 radical (unpaired) electrons. The number of benzene rings is 1.